The number of para-hydroxylation sites is 2. The molecule has 3 aliphatic rings. The molecule has 0 bridgehead atoms. The van der Waals surface area contributed by atoms with Gasteiger partial charge in [0.15, 0.2) is 5.71 Å². The lowest BCUT2D eigenvalue weighted by atomic mass is 9.69. The molecule has 0 aromatic heterocycles. The largest absolute Gasteiger partial charge is 0.370 e. The minimum absolute atomic E-state index is 0.0153. The van der Waals surface area contributed by atoms with Crippen LogP contribution in [0.5, 0.6) is 0 Å². The molecule has 0 radical (unpaired) electrons. The van der Waals surface area contributed by atoms with E-state index < -0.39 is 0 Å². The van der Waals surface area contributed by atoms with Gasteiger partial charge < -0.3 is 4.90 Å². The molecule has 2 nitrogen and oxygen atoms in total. The molecule has 3 heteroatoms. The first kappa shape index (κ1) is 24.4. The minimum Gasteiger partial charge on any atom is -0.370 e. The second-order valence-corrected chi connectivity index (χ2v) is 12.4. The summed E-state index contributed by atoms with van der Waals surface area (Å²) in [6.07, 6.45) is 8.07. The third-order valence-electron chi connectivity index (χ3n) is 9.24. The van der Waals surface area contributed by atoms with Gasteiger partial charge in [0.25, 0.3) is 0 Å². The Hall–Kier alpha value is -2.32. The summed E-state index contributed by atoms with van der Waals surface area (Å²) in [4.78, 5) is 2.51. The SMILES string of the molecule is C[C@H]([C@@H]1CCCC(/C=C/C2=[N+](C)c3ccccc3C2(C)C)=C1Cl)[C@H]1N(C)c2ccccc2C1(C)C. The standard InChI is InChI=1S/C32H40ClN2/c1-21(30-32(4,5)25-16-9-11-18-27(25)35(30)7)23-14-12-13-22(29(23)33)19-20-28-31(2,3)24-15-8-10-17-26(24)34(28)6/h8-11,15-21,23,30H,12-14H2,1-7H3/q+1/b20-19+/t21-,23+,30-/m1/s1. The maximum atomic E-state index is 7.24. The molecular weight excluding hydrogens is 448 g/mol. The summed E-state index contributed by atoms with van der Waals surface area (Å²) in [5.41, 5.74) is 8.25. The number of fused-ring (bicyclic) bond motifs is 2. The lowest BCUT2D eigenvalue weighted by Crippen LogP contribution is -2.47. The van der Waals surface area contributed by atoms with E-state index in [9.17, 15) is 0 Å². The number of rotatable bonds is 4. The van der Waals surface area contributed by atoms with Crippen molar-refractivity contribution in [3.8, 4) is 0 Å². The highest BCUT2D eigenvalue weighted by Crippen LogP contribution is 2.51. The fourth-order valence-electron chi connectivity index (χ4n) is 7.48. The van der Waals surface area contributed by atoms with Gasteiger partial charge in [-0.15, -0.1) is 0 Å². The molecule has 5 rings (SSSR count). The summed E-state index contributed by atoms with van der Waals surface area (Å²) >= 11 is 7.24. The Morgan fingerprint density at radius 2 is 1.66 bits per heavy atom. The summed E-state index contributed by atoms with van der Waals surface area (Å²) in [6, 6.07) is 18.1. The minimum atomic E-state index is -0.0153. The van der Waals surface area contributed by atoms with Crippen molar-refractivity contribution in [3.63, 3.8) is 0 Å². The molecular formula is C32H40ClN2+. The van der Waals surface area contributed by atoms with Crippen LogP contribution in [0.4, 0.5) is 11.4 Å². The lowest BCUT2D eigenvalue weighted by molar-refractivity contribution is -0.401. The summed E-state index contributed by atoms with van der Waals surface area (Å²) < 4.78 is 2.34. The average Bonchev–Trinajstić information content (AvgIpc) is 3.16. The molecule has 0 saturated carbocycles. The highest BCUT2D eigenvalue weighted by atomic mass is 35.5. The molecule has 184 valence electrons. The molecule has 0 spiro atoms. The van der Waals surface area contributed by atoms with Gasteiger partial charge in [-0.1, -0.05) is 74.8 Å². The molecule has 2 heterocycles. The van der Waals surface area contributed by atoms with Crippen LogP contribution in [0.15, 0.2) is 71.3 Å². The van der Waals surface area contributed by atoms with E-state index in [2.05, 4.69) is 119 Å². The van der Waals surface area contributed by atoms with Crippen molar-refractivity contribution < 1.29 is 4.58 Å². The Balaban J connectivity index is 1.44. The van der Waals surface area contributed by atoms with Crippen molar-refractivity contribution in [2.45, 2.75) is 70.8 Å². The molecule has 35 heavy (non-hydrogen) atoms. The fraction of sp³-hybridized carbons (Fsp3) is 0.469. The Morgan fingerprint density at radius 3 is 2.34 bits per heavy atom. The molecule has 3 atom stereocenters. The van der Waals surface area contributed by atoms with Crippen LogP contribution >= 0.6 is 11.6 Å². The van der Waals surface area contributed by atoms with Crippen LogP contribution in [0, 0.1) is 11.8 Å². The molecule has 2 aromatic rings. The van der Waals surface area contributed by atoms with E-state index >= 15 is 0 Å². The van der Waals surface area contributed by atoms with Crippen molar-refractivity contribution in [1.82, 2.24) is 0 Å². The first-order valence-corrected chi connectivity index (χ1v) is 13.5. The summed E-state index contributed by atoms with van der Waals surface area (Å²) in [6.45, 7) is 11.9. The smallest absolute Gasteiger partial charge is 0.209 e. The van der Waals surface area contributed by atoms with Crippen molar-refractivity contribution in [1.29, 1.82) is 0 Å². The highest BCUT2D eigenvalue weighted by Gasteiger charge is 2.48. The summed E-state index contributed by atoms with van der Waals surface area (Å²) in [5, 5.41) is 1.08. The van der Waals surface area contributed by atoms with Gasteiger partial charge in [-0.25, -0.2) is 0 Å². The van der Waals surface area contributed by atoms with Gasteiger partial charge in [-0.05, 0) is 62.1 Å². The van der Waals surface area contributed by atoms with Crippen LogP contribution in [0.2, 0.25) is 0 Å². The molecule has 2 aromatic carbocycles. The van der Waals surface area contributed by atoms with Crippen molar-refractivity contribution in [2.24, 2.45) is 11.8 Å². The van der Waals surface area contributed by atoms with Gasteiger partial charge >= 0.3 is 0 Å². The molecule has 0 fully saturated rings. The molecule has 0 amide bonds. The van der Waals surface area contributed by atoms with E-state index in [1.165, 1.54) is 46.6 Å². The van der Waals surface area contributed by atoms with Crippen LogP contribution in [-0.4, -0.2) is 30.4 Å². The Morgan fingerprint density at radius 1 is 1.00 bits per heavy atom. The second-order valence-electron chi connectivity index (χ2n) is 11.9. The van der Waals surface area contributed by atoms with E-state index in [0.717, 1.165) is 11.5 Å². The zero-order chi connectivity index (χ0) is 25.1. The Kier molecular flexibility index (Phi) is 6.03. The molecule has 1 aliphatic carbocycles. The summed E-state index contributed by atoms with van der Waals surface area (Å²) in [5.74, 6) is 0.851. The van der Waals surface area contributed by atoms with Gasteiger partial charge in [0.1, 0.15) is 7.05 Å². The number of benzene rings is 2. The monoisotopic (exact) mass is 487 g/mol. The number of nitrogens with zero attached hydrogens (tertiary/aromatic N) is 2. The van der Waals surface area contributed by atoms with Crippen molar-refractivity contribution in [3.05, 3.63) is 82.4 Å². The van der Waals surface area contributed by atoms with E-state index in [0.29, 0.717) is 17.9 Å². The van der Waals surface area contributed by atoms with Crippen LogP contribution in [0.3, 0.4) is 0 Å². The number of likely N-dealkylation sites (N-methyl/N-ethyl adjacent to an activating group) is 1. The van der Waals surface area contributed by atoms with Crippen LogP contribution in [-0.2, 0) is 10.8 Å². The quantitative estimate of drug-likeness (QED) is 0.396. The van der Waals surface area contributed by atoms with Crippen LogP contribution in [0.25, 0.3) is 0 Å². The van der Waals surface area contributed by atoms with E-state index in [1.807, 2.05) is 0 Å². The number of allylic oxidation sites excluding steroid dienone is 4. The number of hydrogen-bond donors (Lipinski definition) is 0. The fourth-order valence-corrected chi connectivity index (χ4v) is 7.95. The van der Waals surface area contributed by atoms with Crippen LogP contribution < -0.4 is 4.90 Å². The highest BCUT2D eigenvalue weighted by molar-refractivity contribution is 6.30. The van der Waals surface area contributed by atoms with E-state index in [4.69, 9.17) is 11.6 Å². The van der Waals surface area contributed by atoms with Crippen molar-refractivity contribution >= 4 is 28.7 Å². The Bertz CT molecular complexity index is 1250. The first-order chi connectivity index (χ1) is 16.6. The van der Waals surface area contributed by atoms with E-state index in [-0.39, 0.29) is 10.8 Å². The third-order valence-corrected chi connectivity index (χ3v) is 9.77. The summed E-state index contributed by atoms with van der Waals surface area (Å²) in [7, 11) is 4.45. The zero-order valence-electron chi connectivity index (χ0n) is 22.4. The molecule has 0 N–H and O–H groups in total. The van der Waals surface area contributed by atoms with Gasteiger partial charge in [0, 0.05) is 46.9 Å². The Labute approximate surface area is 217 Å². The van der Waals surface area contributed by atoms with Crippen molar-refractivity contribution in [2.75, 3.05) is 19.0 Å². The predicted molar refractivity (Wildman–Crippen MR) is 151 cm³/mol. The number of hydrogen-bond acceptors (Lipinski definition) is 1. The number of anilines is 1. The average molecular weight is 488 g/mol. The first-order valence-electron chi connectivity index (χ1n) is 13.2. The predicted octanol–water partition coefficient (Wildman–Crippen LogP) is 7.97. The molecule has 0 unspecified atom stereocenters. The zero-order valence-corrected chi connectivity index (χ0v) is 23.2. The topological polar surface area (TPSA) is 6.25 Å². The van der Waals surface area contributed by atoms with E-state index in [1.54, 1.807) is 0 Å². The maximum absolute atomic E-state index is 7.24. The van der Waals surface area contributed by atoms with Gasteiger partial charge in [-0.2, -0.15) is 4.58 Å². The normalized spacial score (nSPS) is 25.9. The van der Waals surface area contributed by atoms with Gasteiger partial charge in [-0.3, -0.25) is 0 Å². The maximum Gasteiger partial charge on any atom is 0.209 e. The molecule has 0 saturated heterocycles. The van der Waals surface area contributed by atoms with Gasteiger partial charge in [0.05, 0.1) is 5.41 Å². The number of halogens is 1. The van der Waals surface area contributed by atoms with Gasteiger partial charge in [0.2, 0.25) is 5.69 Å². The molecule has 2 aliphatic heterocycles. The second kappa shape index (κ2) is 8.66. The van der Waals surface area contributed by atoms with Crippen LogP contribution in [0.1, 0.15) is 65.0 Å². The lowest BCUT2D eigenvalue weighted by Gasteiger charge is -2.42. The third kappa shape index (κ3) is 3.71.